The molecule has 1 aromatic carbocycles. The number of fused-ring (bicyclic) bond motifs is 2. The molecule has 0 spiro atoms. The number of alkyl halides is 3. The van der Waals surface area contributed by atoms with Gasteiger partial charge < -0.3 is 10.6 Å². The SMILES string of the molecule is NC1CC2CCC(C1)N2c1ccc(Br)c(C(F)(F)F)c1. The Morgan fingerprint density at radius 2 is 1.75 bits per heavy atom. The maximum Gasteiger partial charge on any atom is 0.417 e. The van der Waals surface area contributed by atoms with Gasteiger partial charge in [0.15, 0.2) is 0 Å². The van der Waals surface area contributed by atoms with E-state index < -0.39 is 11.7 Å². The minimum atomic E-state index is -4.33. The predicted octanol–water partition coefficient (Wildman–Crippen LogP) is 3.93. The minimum absolute atomic E-state index is 0.0924. The molecule has 3 rings (SSSR count). The molecule has 2 nitrogen and oxygen atoms in total. The summed E-state index contributed by atoms with van der Waals surface area (Å²) in [6, 6.07) is 5.26. The maximum atomic E-state index is 13.0. The van der Waals surface area contributed by atoms with Crippen LogP contribution >= 0.6 is 15.9 Å². The third kappa shape index (κ3) is 2.44. The molecule has 2 bridgehead atoms. The number of rotatable bonds is 1. The van der Waals surface area contributed by atoms with E-state index in [2.05, 4.69) is 20.8 Å². The predicted molar refractivity (Wildman–Crippen MR) is 75.6 cm³/mol. The van der Waals surface area contributed by atoms with Crippen molar-refractivity contribution < 1.29 is 13.2 Å². The Hall–Kier alpha value is -0.750. The number of nitrogens with zero attached hydrogens (tertiary/aromatic N) is 1. The second-order valence-electron chi connectivity index (χ2n) is 5.69. The highest BCUT2D eigenvalue weighted by Gasteiger charge is 2.41. The highest BCUT2D eigenvalue weighted by Crippen LogP contribution is 2.42. The third-order valence-electron chi connectivity index (χ3n) is 4.32. The molecule has 0 aromatic heterocycles. The normalized spacial score (nSPS) is 29.9. The molecule has 6 heteroatoms. The summed E-state index contributed by atoms with van der Waals surface area (Å²) < 4.78 is 39.1. The van der Waals surface area contributed by atoms with Gasteiger partial charge in [0, 0.05) is 28.3 Å². The number of halogens is 4. The van der Waals surface area contributed by atoms with E-state index in [0.29, 0.717) is 5.69 Å². The van der Waals surface area contributed by atoms with Crippen molar-refractivity contribution in [2.75, 3.05) is 4.90 Å². The fourth-order valence-electron chi connectivity index (χ4n) is 3.53. The summed E-state index contributed by atoms with van der Waals surface area (Å²) in [6.45, 7) is 0. The van der Waals surface area contributed by atoms with Crippen molar-refractivity contribution in [3.05, 3.63) is 28.2 Å². The number of benzene rings is 1. The van der Waals surface area contributed by atoms with E-state index >= 15 is 0 Å². The van der Waals surface area contributed by atoms with Crippen LogP contribution in [0.15, 0.2) is 22.7 Å². The van der Waals surface area contributed by atoms with Crippen LogP contribution in [0.25, 0.3) is 0 Å². The van der Waals surface area contributed by atoms with Crippen LogP contribution in [0.4, 0.5) is 18.9 Å². The topological polar surface area (TPSA) is 29.3 Å². The molecule has 2 atom stereocenters. The van der Waals surface area contributed by atoms with E-state index in [9.17, 15) is 13.2 Å². The number of hydrogen-bond donors (Lipinski definition) is 1. The summed E-state index contributed by atoms with van der Waals surface area (Å²) >= 11 is 2.99. The molecule has 0 saturated carbocycles. The average molecular weight is 349 g/mol. The van der Waals surface area contributed by atoms with Gasteiger partial charge in [-0.2, -0.15) is 13.2 Å². The first kappa shape index (κ1) is 14.2. The first-order valence-corrected chi connectivity index (χ1v) is 7.56. The summed E-state index contributed by atoms with van der Waals surface area (Å²) in [5.74, 6) is 0. The molecular weight excluding hydrogens is 333 g/mol. The Balaban J connectivity index is 1.96. The molecule has 2 heterocycles. The Morgan fingerprint density at radius 1 is 1.15 bits per heavy atom. The van der Waals surface area contributed by atoms with Crippen LogP contribution in [-0.2, 0) is 6.18 Å². The van der Waals surface area contributed by atoms with Crippen molar-refractivity contribution in [3.8, 4) is 0 Å². The standard InChI is InChI=1S/C14H16BrF3N2/c15-13-4-3-11(7-12(13)14(16,17)18)20-9-1-2-10(20)6-8(19)5-9/h3-4,7-10H,1-2,5-6,19H2. The third-order valence-corrected chi connectivity index (χ3v) is 5.01. The van der Waals surface area contributed by atoms with Crippen molar-refractivity contribution in [1.29, 1.82) is 0 Å². The largest absolute Gasteiger partial charge is 0.417 e. The molecule has 1 aromatic rings. The Bertz CT molecular complexity index is 504. The summed E-state index contributed by atoms with van der Waals surface area (Å²) in [7, 11) is 0. The van der Waals surface area contributed by atoms with Crippen LogP contribution in [0.3, 0.4) is 0 Å². The first-order valence-electron chi connectivity index (χ1n) is 6.77. The van der Waals surface area contributed by atoms with Gasteiger partial charge in [0.2, 0.25) is 0 Å². The van der Waals surface area contributed by atoms with Crippen LogP contribution in [0.1, 0.15) is 31.2 Å². The van der Waals surface area contributed by atoms with E-state index in [-0.39, 0.29) is 22.6 Å². The average Bonchev–Trinajstić information content (AvgIpc) is 2.62. The molecule has 2 aliphatic rings. The summed E-state index contributed by atoms with van der Waals surface area (Å²) in [5.41, 5.74) is 6.06. The Morgan fingerprint density at radius 3 is 2.30 bits per heavy atom. The van der Waals surface area contributed by atoms with Crippen molar-refractivity contribution >= 4 is 21.6 Å². The van der Waals surface area contributed by atoms with Crippen molar-refractivity contribution in [3.63, 3.8) is 0 Å². The Kier molecular flexibility index (Phi) is 3.49. The quantitative estimate of drug-likeness (QED) is 0.833. The lowest BCUT2D eigenvalue weighted by Crippen LogP contribution is -2.47. The van der Waals surface area contributed by atoms with Crippen LogP contribution in [0.5, 0.6) is 0 Å². The zero-order chi connectivity index (χ0) is 14.5. The monoisotopic (exact) mass is 348 g/mol. The smallest absolute Gasteiger partial charge is 0.365 e. The van der Waals surface area contributed by atoms with Gasteiger partial charge in [-0.05, 0) is 43.9 Å². The first-order chi connectivity index (χ1) is 9.36. The number of nitrogens with two attached hydrogens (primary N) is 1. The van der Waals surface area contributed by atoms with Crippen LogP contribution < -0.4 is 10.6 Å². The van der Waals surface area contributed by atoms with Gasteiger partial charge in [-0.1, -0.05) is 15.9 Å². The van der Waals surface area contributed by atoms with Crippen molar-refractivity contribution in [1.82, 2.24) is 0 Å². The van der Waals surface area contributed by atoms with Gasteiger partial charge >= 0.3 is 6.18 Å². The van der Waals surface area contributed by atoms with Gasteiger partial charge in [-0.3, -0.25) is 0 Å². The van der Waals surface area contributed by atoms with E-state index in [4.69, 9.17) is 5.73 Å². The number of hydrogen-bond acceptors (Lipinski definition) is 2. The molecular formula is C14H16BrF3N2. The molecule has 2 aliphatic heterocycles. The fraction of sp³-hybridized carbons (Fsp3) is 0.571. The molecule has 2 unspecified atom stereocenters. The highest BCUT2D eigenvalue weighted by molar-refractivity contribution is 9.10. The molecule has 110 valence electrons. The number of piperidine rings is 1. The minimum Gasteiger partial charge on any atom is -0.365 e. The van der Waals surface area contributed by atoms with Gasteiger partial charge in [0.25, 0.3) is 0 Å². The molecule has 0 aliphatic carbocycles. The summed E-state index contributed by atoms with van der Waals surface area (Å²) in [4.78, 5) is 2.14. The van der Waals surface area contributed by atoms with Crippen LogP contribution in [-0.4, -0.2) is 18.1 Å². The van der Waals surface area contributed by atoms with Gasteiger partial charge in [-0.25, -0.2) is 0 Å². The lowest BCUT2D eigenvalue weighted by Gasteiger charge is -2.39. The highest BCUT2D eigenvalue weighted by atomic mass is 79.9. The van der Waals surface area contributed by atoms with Crippen LogP contribution in [0, 0.1) is 0 Å². The van der Waals surface area contributed by atoms with Crippen LogP contribution in [0.2, 0.25) is 0 Å². The zero-order valence-corrected chi connectivity index (χ0v) is 12.4. The summed E-state index contributed by atoms with van der Waals surface area (Å²) in [5, 5.41) is 0. The van der Waals surface area contributed by atoms with Crippen molar-refractivity contribution in [2.24, 2.45) is 5.73 Å². The molecule has 2 saturated heterocycles. The summed E-state index contributed by atoms with van der Waals surface area (Å²) in [6.07, 6.45) is -0.548. The van der Waals surface area contributed by atoms with Gasteiger partial charge in [0.1, 0.15) is 0 Å². The van der Waals surface area contributed by atoms with E-state index in [0.717, 1.165) is 25.7 Å². The number of anilines is 1. The van der Waals surface area contributed by atoms with Crippen molar-refractivity contribution in [2.45, 2.75) is 50.0 Å². The van der Waals surface area contributed by atoms with E-state index in [1.165, 1.54) is 12.1 Å². The Labute approximate surface area is 124 Å². The second kappa shape index (κ2) is 4.91. The fourth-order valence-corrected chi connectivity index (χ4v) is 4.00. The van der Waals surface area contributed by atoms with E-state index in [1.54, 1.807) is 6.07 Å². The van der Waals surface area contributed by atoms with Gasteiger partial charge in [-0.15, -0.1) is 0 Å². The maximum absolute atomic E-state index is 13.0. The molecule has 0 amide bonds. The molecule has 20 heavy (non-hydrogen) atoms. The van der Waals surface area contributed by atoms with E-state index in [1.807, 2.05) is 0 Å². The van der Waals surface area contributed by atoms with Gasteiger partial charge in [0.05, 0.1) is 5.56 Å². The molecule has 0 radical (unpaired) electrons. The lowest BCUT2D eigenvalue weighted by molar-refractivity contribution is -0.138. The molecule has 2 fully saturated rings. The second-order valence-corrected chi connectivity index (χ2v) is 6.54. The zero-order valence-electron chi connectivity index (χ0n) is 10.8. The molecule has 2 N–H and O–H groups in total. The lowest BCUT2D eigenvalue weighted by atomic mass is 9.97.